The fraction of sp³-hybridized carbons (Fsp3) is 0.350. The Kier molecular flexibility index (Phi) is 6.53. The highest BCUT2D eigenvalue weighted by atomic mass is 19.1. The Morgan fingerprint density at radius 1 is 1.12 bits per heavy atom. The maximum atomic E-state index is 13.0. The molecular weight excluding hydrogens is 321 g/mol. The van der Waals surface area contributed by atoms with Crippen LogP contribution in [-0.2, 0) is 11.3 Å². The molecular formula is C20H24FNO3. The Hall–Kier alpha value is -2.40. The van der Waals surface area contributed by atoms with E-state index in [9.17, 15) is 9.18 Å². The van der Waals surface area contributed by atoms with Crippen LogP contribution in [0.4, 0.5) is 4.39 Å². The van der Waals surface area contributed by atoms with Crippen LogP contribution in [0.15, 0.2) is 42.5 Å². The van der Waals surface area contributed by atoms with Crippen molar-refractivity contribution >= 4 is 5.91 Å². The van der Waals surface area contributed by atoms with Crippen molar-refractivity contribution in [2.75, 3.05) is 7.11 Å². The molecule has 0 unspecified atom stereocenters. The second-order valence-electron chi connectivity index (χ2n) is 6.13. The van der Waals surface area contributed by atoms with Crippen LogP contribution in [0, 0.1) is 5.82 Å². The maximum absolute atomic E-state index is 13.0. The number of carbonyl (C=O) groups excluding carboxylic acids is 1. The van der Waals surface area contributed by atoms with Crippen LogP contribution in [0.3, 0.4) is 0 Å². The van der Waals surface area contributed by atoms with E-state index in [0.29, 0.717) is 17.9 Å². The van der Waals surface area contributed by atoms with Gasteiger partial charge in [-0.3, -0.25) is 4.79 Å². The molecule has 0 spiro atoms. The normalized spacial score (nSPS) is 12.1. The summed E-state index contributed by atoms with van der Waals surface area (Å²) < 4.78 is 24.0. The van der Waals surface area contributed by atoms with E-state index in [4.69, 9.17) is 9.47 Å². The van der Waals surface area contributed by atoms with Gasteiger partial charge in [-0.2, -0.15) is 0 Å². The van der Waals surface area contributed by atoms with Gasteiger partial charge in [0.2, 0.25) is 0 Å². The first-order valence-electron chi connectivity index (χ1n) is 8.25. The molecule has 0 fully saturated rings. The SMILES string of the molecule is COc1ccc(C(=O)N[C@@H](C)c2ccc(F)cc2)cc1COC(C)C. The van der Waals surface area contributed by atoms with Crippen LogP contribution in [-0.4, -0.2) is 19.1 Å². The monoisotopic (exact) mass is 345 g/mol. The summed E-state index contributed by atoms with van der Waals surface area (Å²) in [4.78, 5) is 12.5. The second kappa shape index (κ2) is 8.62. The lowest BCUT2D eigenvalue weighted by Crippen LogP contribution is -2.26. The van der Waals surface area contributed by atoms with Gasteiger partial charge < -0.3 is 14.8 Å². The van der Waals surface area contributed by atoms with E-state index in [-0.39, 0.29) is 23.9 Å². The first kappa shape index (κ1) is 18.9. The zero-order valence-electron chi connectivity index (χ0n) is 15.0. The molecule has 5 heteroatoms. The van der Waals surface area contributed by atoms with Gasteiger partial charge in [0.05, 0.1) is 25.9 Å². The first-order chi connectivity index (χ1) is 11.9. The van der Waals surface area contributed by atoms with Gasteiger partial charge in [0, 0.05) is 11.1 Å². The van der Waals surface area contributed by atoms with Crippen molar-refractivity contribution < 1.29 is 18.7 Å². The molecule has 0 saturated carbocycles. The van der Waals surface area contributed by atoms with Crippen molar-refractivity contribution in [2.24, 2.45) is 0 Å². The Balaban J connectivity index is 2.12. The Labute approximate surface area is 148 Å². The first-order valence-corrected chi connectivity index (χ1v) is 8.25. The van der Waals surface area contributed by atoms with Gasteiger partial charge in [-0.25, -0.2) is 4.39 Å². The predicted molar refractivity (Wildman–Crippen MR) is 95.2 cm³/mol. The van der Waals surface area contributed by atoms with Gasteiger partial charge in [0.1, 0.15) is 11.6 Å². The van der Waals surface area contributed by atoms with Gasteiger partial charge in [-0.05, 0) is 56.7 Å². The molecule has 0 aliphatic carbocycles. The van der Waals surface area contributed by atoms with Crippen molar-refractivity contribution in [1.29, 1.82) is 0 Å². The quantitative estimate of drug-likeness (QED) is 0.816. The molecule has 0 saturated heterocycles. The van der Waals surface area contributed by atoms with Crippen LogP contribution in [0.25, 0.3) is 0 Å². The fourth-order valence-electron chi connectivity index (χ4n) is 2.40. The number of amides is 1. The minimum atomic E-state index is -0.299. The molecule has 1 amide bonds. The van der Waals surface area contributed by atoms with E-state index in [1.165, 1.54) is 12.1 Å². The van der Waals surface area contributed by atoms with Crippen molar-refractivity contribution in [1.82, 2.24) is 5.32 Å². The smallest absolute Gasteiger partial charge is 0.251 e. The van der Waals surface area contributed by atoms with Crippen LogP contribution in [0.1, 0.15) is 48.3 Å². The number of hydrogen-bond acceptors (Lipinski definition) is 3. The summed E-state index contributed by atoms with van der Waals surface area (Å²) >= 11 is 0. The van der Waals surface area contributed by atoms with Gasteiger partial charge in [-0.15, -0.1) is 0 Å². The van der Waals surface area contributed by atoms with Crippen molar-refractivity contribution in [2.45, 2.75) is 39.5 Å². The van der Waals surface area contributed by atoms with Crippen molar-refractivity contribution in [3.8, 4) is 5.75 Å². The minimum absolute atomic E-state index is 0.0840. The van der Waals surface area contributed by atoms with Crippen molar-refractivity contribution in [3.63, 3.8) is 0 Å². The minimum Gasteiger partial charge on any atom is -0.496 e. The Bertz CT molecular complexity index is 713. The van der Waals surface area contributed by atoms with Gasteiger partial charge in [-0.1, -0.05) is 12.1 Å². The van der Waals surface area contributed by atoms with Gasteiger partial charge in [0.15, 0.2) is 0 Å². The molecule has 134 valence electrons. The molecule has 0 bridgehead atoms. The summed E-state index contributed by atoms with van der Waals surface area (Å²) in [6, 6.07) is 11.1. The standard InChI is InChI=1S/C20H24FNO3/c1-13(2)25-12-17-11-16(7-10-19(17)24-4)20(23)22-14(3)15-5-8-18(21)9-6-15/h5-11,13-14H,12H2,1-4H3,(H,22,23)/t14-/m0/s1. The highest BCUT2D eigenvalue weighted by Gasteiger charge is 2.14. The number of halogens is 1. The average Bonchev–Trinajstić information content (AvgIpc) is 2.60. The topological polar surface area (TPSA) is 47.6 Å². The molecule has 25 heavy (non-hydrogen) atoms. The zero-order chi connectivity index (χ0) is 18.4. The average molecular weight is 345 g/mol. The highest BCUT2D eigenvalue weighted by Crippen LogP contribution is 2.22. The van der Waals surface area contributed by atoms with Crippen LogP contribution >= 0.6 is 0 Å². The summed E-state index contributed by atoms with van der Waals surface area (Å²) in [6.45, 7) is 6.13. The van der Waals surface area contributed by atoms with E-state index in [0.717, 1.165) is 11.1 Å². The number of nitrogens with one attached hydrogen (secondary N) is 1. The molecule has 0 heterocycles. The molecule has 2 aromatic rings. The number of hydrogen-bond donors (Lipinski definition) is 1. The molecule has 1 atom stereocenters. The summed E-state index contributed by atoms with van der Waals surface area (Å²) in [6.07, 6.45) is 0.0840. The molecule has 4 nitrogen and oxygen atoms in total. The van der Waals surface area contributed by atoms with Crippen LogP contribution < -0.4 is 10.1 Å². The summed E-state index contributed by atoms with van der Waals surface area (Å²) in [5.41, 5.74) is 2.18. The molecule has 0 radical (unpaired) electrons. The third-order valence-corrected chi connectivity index (χ3v) is 3.83. The third-order valence-electron chi connectivity index (χ3n) is 3.83. The number of ether oxygens (including phenoxy) is 2. The third kappa shape index (κ3) is 5.29. The lowest BCUT2D eigenvalue weighted by Gasteiger charge is -2.16. The summed E-state index contributed by atoms with van der Waals surface area (Å²) in [7, 11) is 1.59. The van der Waals surface area contributed by atoms with Gasteiger partial charge >= 0.3 is 0 Å². The Morgan fingerprint density at radius 3 is 2.40 bits per heavy atom. The molecule has 0 aliphatic heterocycles. The predicted octanol–water partition coefficient (Wildman–Crippen LogP) is 4.25. The summed E-state index contributed by atoms with van der Waals surface area (Å²) in [5, 5.41) is 2.92. The van der Waals surface area contributed by atoms with E-state index < -0.39 is 0 Å². The van der Waals surface area contributed by atoms with Gasteiger partial charge in [0.25, 0.3) is 5.91 Å². The lowest BCUT2D eigenvalue weighted by molar-refractivity contribution is 0.0644. The molecule has 2 rings (SSSR count). The van der Waals surface area contributed by atoms with Crippen LogP contribution in [0.5, 0.6) is 5.75 Å². The highest BCUT2D eigenvalue weighted by molar-refractivity contribution is 5.94. The second-order valence-corrected chi connectivity index (χ2v) is 6.13. The number of methoxy groups -OCH3 is 1. The van der Waals surface area contributed by atoms with Crippen LogP contribution in [0.2, 0.25) is 0 Å². The maximum Gasteiger partial charge on any atom is 0.251 e. The number of carbonyl (C=O) groups is 1. The molecule has 1 N–H and O–H groups in total. The van der Waals surface area contributed by atoms with Crippen molar-refractivity contribution in [3.05, 3.63) is 65.0 Å². The fourth-order valence-corrected chi connectivity index (χ4v) is 2.40. The largest absolute Gasteiger partial charge is 0.496 e. The molecule has 0 aromatic heterocycles. The van der Waals surface area contributed by atoms with E-state index >= 15 is 0 Å². The lowest BCUT2D eigenvalue weighted by atomic mass is 10.1. The van der Waals surface area contributed by atoms with E-state index in [1.807, 2.05) is 20.8 Å². The Morgan fingerprint density at radius 2 is 1.80 bits per heavy atom. The molecule has 0 aliphatic rings. The zero-order valence-corrected chi connectivity index (χ0v) is 15.0. The number of rotatable bonds is 7. The summed E-state index contributed by atoms with van der Waals surface area (Å²) in [5.74, 6) is 0.182. The number of benzene rings is 2. The van der Waals surface area contributed by atoms with E-state index in [2.05, 4.69) is 5.32 Å². The molecule has 2 aromatic carbocycles. The van der Waals surface area contributed by atoms with E-state index in [1.54, 1.807) is 37.4 Å².